The number of benzene rings is 2. The second-order valence-corrected chi connectivity index (χ2v) is 7.35. The number of carbonyl (C=O) groups excluding carboxylic acids is 2. The van der Waals surface area contributed by atoms with Gasteiger partial charge >= 0.3 is 5.97 Å². The highest BCUT2D eigenvalue weighted by molar-refractivity contribution is 5.92. The Kier molecular flexibility index (Phi) is 6.60. The second kappa shape index (κ2) is 9.32. The van der Waals surface area contributed by atoms with Gasteiger partial charge in [-0.3, -0.25) is 4.79 Å². The third kappa shape index (κ3) is 5.19. The molecule has 0 aliphatic rings. The zero-order valence-electron chi connectivity index (χ0n) is 17.0. The van der Waals surface area contributed by atoms with Crippen LogP contribution in [0.15, 0.2) is 60.7 Å². The lowest BCUT2D eigenvalue weighted by Crippen LogP contribution is -2.35. The molecule has 0 saturated carbocycles. The van der Waals surface area contributed by atoms with Gasteiger partial charge in [-0.05, 0) is 35.6 Å². The van der Waals surface area contributed by atoms with Gasteiger partial charge in [0.15, 0.2) is 6.61 Å². The Labute approximate surface area is 171 Å². The predicted octanol–water partition coefficient (Wildman–Crippen LogP) is 4.47. The number of fused-ring (bicyclic) bond motifs is 1. The minimum absolute atomic E-state index is 0.147. The molecule has 0 unspecified atom stereocenters. The summed E-state index contributed by atoms with van der Waals surface area (Å²) in [6, 6.07) is 19.0. The van der Waals surface area contributed by atoms with Crippen LogP contribution in [-0.4, -0.2) is 23.5 Å². The SMILES string of the molecule is CCc1ccc([C@@H](NC(=O)COC(=O)c2ccc3ccccc3n2)C(C)C)cc1. The molecule has 0 saturated heterocycles. The molecule has 29 heavy (non-hydrogen) atoms. The number of aryl methyl sites for hydroxylation is 1. The minimum atomic E-state index is -0.612. The van der Waals surface area contributed by atoms with Gasteiger partial charge in [-0.2, -0.15) is 0 Å². The molecular formula is C24H26N2O3. The standard InChI is InChI=1S/C24H26N2O3/c1-4-17-9-11-19(12-10-17)23(16(2)3)26-22(27)15-29-24(28)21-14-13-18-7-5-6-8-20(18)25-21/h5-14,16,23H,4,15H2,1-3H3,(H,26,27)/t23-/m0/s1. The van der Waals surface area contributed by atoms with Crippen molar-refractivity contribution < 1.29 is 14.3 Å². The monoisotopic (exact) mass is 390 g/mol. The van der Waals surface area contributed by atoms with Crippen molar-refractivity contribution in [1.29, 1.82) is 0 Å². The molecule has 5 heteroatoms. The maximum atomic E-state index is 12.4. The maximum absolute atomic E-state index is 12.4. The van der Waals surface area contributed by atoms with E-state index in [1.165, 1.54) is 5.56 Å². The first-order chi connectivity index (χ1) is 14.0. The molecule has 150 valence electrons. The number of hydrogen-bond donors (Lipinski definition) is 1. The van der Waals surface area contributed by atoms with Crippen LogP contribution >= 0.6 is 0 Å². The Morgan fingerprint density at radius 3 is 2.41 bits per heavy atom. The number of esters is 1. The van der Waals surface area contributed by atoms with Crippen LogP contribution in [0.1, 0.15) is 48.4 Å². The Morgan fingerprint density at radius 2 is 1.72 bits per heavy atom. The molecule has 0 fully saturated rings. The van der Waals surface area contributed by atoms with Crippen molar-refractivity contribution in [2.75, 3.05) is 6.61 Å². The van der Waals surface area contributed by atoms with Gasteiger partial charge in [-0.1, -0.05) is 69.3 Å². The van der Waals surface area contributed by atoms with Crippen LogP contribution in [0.3, 0.4) is 0 Å². The first-order valence-electron chi connectivity index (χ1n) is 9.89. The Hall–Kier alpha value is -3.21. The molecule has 1 N–H and O–H groups in total. The molecule has 1 aromatic heterocycles. The van der Waals surface area contributed by atoms with Crippen LogP contribution in [0.2, 0.25) is 0 Å². The lowest BCUT2D eigenvalue weighted by atomic mass is 9.95. The normalized spacial score (nSPS) is 12.0. The molecule has 1 amide bonds. The zero-order chi connectivity index (χ0) is 20.8. The van der Waals surface area contributed by atoms with Gasteiger partial charge in [0.1, 0.15) is 5.69 Å². The zero-order valence-corrected chi connectivity index (χ0v) is 17.0. The molecule has 2 aromatic carbocycles. The summed E-state index contributed by atoms with van der Waals surface area (Å²) < 4.78 is 5.18. The summed E-state index contributed by atoms with van der Waals surface area (Å²) in [4.78, 5) is 29.0. The van der Waals surface area contributed by atoms with E-state index in [0.717, 1.165) is 17.4 Å². The number of para-hydroxylation sites is 1. The molecular weight excluding hydrogens is 364 g/mol. The van der Waals surface area contributed by atoms with E-state index in [2.05, 4.69) is 29.4 Å². The second-order valence-electron chi connectivity index (χ2n) is 7.35. The number of nitrogens with zero attached hydrogens (tertiary/aromatic N) is 1. The van der Waals surface area contributed by atoms with Gasteiger partial charge < -0.3 is 10.1 Å². The number of hydrogen-bond acceptors (Lipinski definition) is 4. The molecule has 0 bridgehead atoms. The van der Waals surface area contributed by atoms with E-state index in [0.29, 0.717) is 5.52 Å². The number of amides is 1. The van der Waals surface area contributed by atoms with Crippen LogP contribution in [0.5, 0.6) is 0 Å². The van der Waals surface area contributed by atoms with Crippen molar-refractivity contribution in [2.45, 2.75) is 33.2 Å². The third-order valence-electron chi connectivity index (χ3n) is 4.87. The van der Waals surface area contributed by atoms with Crippen molar-refractivity contribution in [2.24, 2.45) is 5.92 Å². The summed E-state index contributed by atoms with van der Waals surface area (Å²) in [7, 11) is 0. The van der Waals surface area contributed by atoms with Crippen LogP contribution < -0.4 is 5.32 Å². The topological polar surface area (TPSA) is 68.3 Å². The van der Waals surface area contributed by atoms with Crippen molar-refractivity contribution in [3.63, 3.8) is 0 Å². The molecule has 3 rings (SSSR count). The quantitative estimate of drug-likeness (QED) is 0.605. The van der Waals surface area contributed by atoms with E-state index in [1.54, 1.807) is 6.07 Å². The molecule has 5 nitrogen and oxygen atoms in total. The van der Waals surface area contributed by atoms with Gasteiger partial charge in [0, 0.05) is 5.39 Å². The van der Waals surface area contributed by atoms with Crippen LogP contribution in [-0.2, 0) is 16.0 Å². The molecule has 1 atom stereocenters. The molecule has 1 heterocycles. The average molecular weight is 390 g/mol. The summed E-state index contributed by atoms with van der Waals surface area (Å²) in [6.07, 6.45) is 0.970. The van der Waals surface area contributed by atoms with Crippen molar-refractivity contribution in [1.82, 2.24) is 10.3 Å². The Bertz CT molecular complexity index is 996. The first-order valence-corrected chi connectivity index (χ1v) is 9.89. The van der Waals surface area contributed by atoms with Gasteiger partial charge in [0.2, 0.25) is 0 Å². The number of rotatable bonds is 7. The van der Waals surface area contributed by atoms with Crippen molar-refractivity contribution >= 4 is 22.8 Å². The van der Waals surface area contributed by atoms with E-state index >= 15 is 0 Å². The Morgan fingerprint density at radius 1 is 1.00 bits per heavy atom. The van der Waals surface area contributed by atoms with E-state index in [4.69, 9.17) is 4.74 Å². The highest BCUT2D eigenvalue weighted by Gasteiger charge is 2.20. The molecule has 0 aliphatic heterocycles. The van der Waals surface area contributed by atoms with E-state index in [9.17, 15) is 9.59 Å². The minimum Gasteiger partial charge on any atom is -0.451 e. The molecule has 3 aromatic rings. The van der Waals surface area contributed by atoms with Gasteiger partial charge in [-0.15, -0.1) is 0 Å². The summed E-state index contributed by atoms with van der Waals surface area (Å²) in [5.41, 5.74) is 3.18. The third-order valence-corrected chi connectivity index (χ3v) is 4.87. The number of nitrogens with one attached hydrogen (secondary N) is 1. The van der Waals surface area contributed by atoms with E-state index < -0.39 is 5.97 Å². The number of aromatic nitrogens is 1. The summed E-state index contributed by atoms with van der Waals surface area (Å²) in [5, 5.41) is 3.91. The number of pyridine rings is 1. The van der Waals surface area contributed by atoms with E-state index in [-0.39, 0.29) is 30.2 Å². The first kappa shape index (κ1) is 20.5. The predicted molar refractivity (Wildman–Crippen MR) is 114 cm³/mol. The largest absolute Gasteiger partial charge is 0.451 e. The Balaban J connectivity index is 1.61. The molecule has 0 spiro atoms. The van der Waals surface area contributed by atoms with Crippen LogP contribution in [0, 0.1) is 5.92 Å². The number of ether oxygens (including phenoxy) is 1. The fourth-order valence-electron chi connectivity index (χ4n) is 3.20. The summed E-state index contributed by atoms with van der Waals surface area (Å²) in [6.45, 7) is 5.85. The van der Waals surface area contributed by atoms with Gasteiger partial charge in [0.25, 0.3) is 5.91 Å². The van der Waals surface area contributed by atoms with Gasteiger partial charge in [0.05, 0.1) is 11.6 Å². The lowest BCUT2D eigenvalue weighted by Gasteiger charge is -2.23. The fourth-order valence-corrected chi connectivity index (χ4v) is 3.20. The van der Waals surface area contributed by atoms with Crippen molar-refractivity contribution in [3.8, 4) is 0 Å². The lowest BCUT2D eigenvalue weighted by molar-refractivity contribution is -0.125. The fraction of sp³-hybridized carbons (Fsp3) is 0.292. The molecule has 0 aliphatic carbocycles. The van der Waals surface area contributed by atoms with Crippen LogP contribution in [0.4, 0.5) is 0 Å². The summed E-state index contributed by atoms with van der Waals surface area (Å²) >= 11 is 0. The highest BCUT2D eigenvalue weighted by Crippen LogP contribution is 2.22. The number of carbonyl (C=O) groups is 2. The smallest absolute Gasteiger partial charge is 0.357 e. The van der Waals surface area contributed by atoms with Crippen molar-refractivity contribution in [3.05, 3.63) is 77.5 Å². The van der Waals surface area contributed by atoms with Crippen LogP contribution in [0.25, 0.3) is 10.9 Å². The average Bonchev–Trinajstić information content (AvgIpc) is 2.75. The van der Waals surface area contributed by atoms with Gasteiger partial charge in [-0.25, -0.2) is 9.78 Å². The summed E-state index contributed by atoms with van der Waals surface area (Å²) in [5.74, 6) is -0.749. The van der Waals surface area contributed by atoms with E-state index in [1.807, 2.05) is 56.3 Å². The highest BCUT2D eigenvalue weighted by atomic mass is 16.5. The maximum Gasteiger partial charge on any atom is 0.357 e. The molecule has 0 radical (unpaired) electrons.